The highest BCUT2D eigenvalue weighted by atomic mass is 35.5. The van der Waals surface area contributed by atoms with Crippen LogP contribution in [0.2, 0.25) is 5.02 Å². The topological polar surface area (TPSA) is 156 Å². The maximum absolute atomic E-state index is 11.2. The van der Waals surface area contributed by atoms with Gasteiger partial charge in [-0.25, -0.2) is 23.6 Å². The van der Waals surface area contributed by atoms with Gasteiger partial charge in [-0.2, -0.15) is 10.2 Å². The molecule has 2 saturated carbocycles. The molecule has 2 aliphatic rings. The van der Waals surface area contributed by atoms with Gasteiger partial charge in [0.05, 0.1) is 34.7 Å². The first-order valence-corrected chi connectivity index (χ1v) is 17.3. The van der Waals surface area contributed by atoms with Gasteiger partial charge in [-0.3, -0.25) is 9.59 Å². The summed E-state index contributed by atoms with van der Waals surface area (Å²) in [6.07, 6.45) is 11.6. The predicted molar refractivity (Wildman–Crippen MR) is 183 cm³/mol. The average Bonchev–Trinajstić information content (AvgIpc) is 3.79. The van der Waals surface area contributed by atoms with Gasteiger partial charge in [0.25, 0.3) is 0 Å². The van der Waals surface area contributed by atoms with Crippen LogP contribution in [0.1, 0.15) is 82.7 Å². The first kappa shape index (κ1) is 33.2. The maximum Gasteiger partial charge on any atom is 0.345 e. The number of hydrogen-bond acceptors (Lipinski definition) is 9. The Morgan fingerprint density at radius 3 is 1.96 bits per heavy atom. The van der Waals surface area contributed by atoms with Crippen LogP contribution >= 0.6 is 34.3 Å². The highest BCUT2D eigenvalue weighted by Crippen LogP contribution is 2.35. The Morgan fingerprint density at radius 2 is 1.42 bits per heavy atom. The van der Waals surface area contributed by atoms with Crippen molar-refractivity contribution in [1.29, 1.82) is 0 Å². The Kier molecular flexibility index (Phi) is 9.81. The van der Waals surface area contributed by atoms with Crippen molar-refractivity contribution in [2.75, 3.05) is 0 Å². The number of fused-ring (bicyclic) bond motifs is 2. The fourth-order valence-corrected chi connectivity index (χ4v) is 6.86. The molecular weight excluding hydrogens is 674 g/mol. The molecule has 0 radical (unpaired) electrons. The lowest BCUT2D eigenvalue weighted by atomic mass is 10.1. The number of carbonyl (C=O) groups excluding carboxylic acids is 2. The van der Waals surface area contributed by atoms with Gasteiger partial charge in [-0.15, -0.1) is 22.7 Å². The summed E-state index contributed by atoms with van der Waals surface area (Å²) in [5.41, 5.74) is 6.91. The Hall–Kier alpha value is -4.72. The SMILES string of the molecule is Cc1csc(C(=O)O)c1.O=Cc1cnn2c(CC3CC3)cc(-c3csc(C(=O)O)c3)nc12.O=Cc1cnn2c(CC3CC3)cc(Cl)cc12. The summed E-state index contributed by atoms with van der Waals surface area (Å²) in [6.45, 7) is 1.88. The summed E-state index contributed by atoms with van der Waals surface area (Å²) in [4.78, 5) is 48.5. The number of hydrogen-bond donors (Lipinski definition) is 2. The van der Waals surface area contributed by atoms with Gasteiger partial charge in [0, 0.05) is 27.4 Å². The Bertz CT molecular complexity index is 2160. The number of carbonyl (C=O) groups is 4. The predicted octanol–water partition coefficient (Wildman–Crippen LogP) is 7.43. The Balaban J connectivity index is 0.000000139. The molecule has 0 bridgehead atoms. The fourth-order valence-electron chi connectivity index (χ4n) is 5.15. The number of carboxylic acids is 2. The van der Waals surface area contributed by atoms with E-state index in [0.717, 1.165) is 59.4 Å². The quantitative estimate of drug-likeness (QED) is 0.146. The zero-order valence-corrected chi connectivity index (χ0v) is 28.1. The highest BCUT2D eigenvalue weighted by molar-refractivity contribution is 7.12. The van der Waals surface area contributed by atoms with Crippen molar-refractivity contribution < 1.29 is 29.4 Å². The molecule has 6 heterocycles. The number of pyridine rings is 1. The molecule has 6 aromatic heterocycles. The van der Waals surface area contributed by atoms with Crippen molar-refractivity contribution in [1.82, 2.24) is 24.2 Å². The van der Waals surface area contributed by atoms with Crippen LogP contribution in [0.4, 0.5) is 0 Å². The molecular formula is C34H30ClN5O6S2. The summed E-state index contributed by atoms with van der Waals surface area (Å²) in [5, 5.41) is 30.3. The molecule has 48 heavy (non-hydrogen) atoms. The number of thiophene rings is 2. The molecule has 2 N–H and O–H groups in total. The number of aromatic carboxylic acids is 2. The monoisotopic (exact) mass is 703 g/mol. The zero-order valence-electron chi connectivity index (χ0n) is 25.7. The van der Waals surface area contributed by atoms with Crippen LogP contribution in [0.5, 0.6) is 0 Å². The summed E-state index contributed by atoms with van der Waals surface area (Å²) >= 11 is 8.49. The number of carboxylic acid groups (broad SMARTS) is 2. The molecule has 0 atom stereocenters. The van der Waals surface area contributed by atoms with Gasteiger partial charge in [-0.1, -0.05) is 11.6 Å². The van der Waals surface area contributed by atoms with E-state index in [9.17, 15) is 19.2 Å². The van der Waals surface area contributed by atoms with Crippen LogP contribution < -0.4 is 0 Å². The average molecular weight is 704 g/mol. The van der Waals surface area contributed by atoms with E-state index in [2.05, 4.69) is 15.2 Å². The molecule has 0 aromatic carbocycles. The molecule has 2 aliphatic carbocycles. The molecule has 0 saturated heterocycles. The first-order valence-electron chi connectivity index (χ1n) is 15.2. The summed E-state index contributed by atoms with van der Waals surface area (Å²) in [5.74, 6) is -0.355. The molecule has 0 unspecified atom stereocenters. The lowest BCUT2D eigenvalue weighted by Crippen LogP contribution is -2.03. The zero-order chi connectivity index (χ0) is 33.9. The van der Waals surface area contributed by atoms with Crippen LogP contribution in [0, 0.1) is 18.8 Å². The molecule has 2 fully saturated rings. The van der Waals surface area contributed by atoms with Crippen LogP contribution in [0.25, 0.3) is 22.4 Å². The van der Waals surface area contributed by atoms with Crippen molar-refractivity contribution in [3.05, 3.63) is 96.3 Å². The van der Waals surface area contributed by atoms with Gasteiger partial charge in [0.2, 0.25) is 0 Å². The van der Waals surface area contributed by atoms with Crippen molar-refractivity contribution in [2.45, 2.75) is 45.4 Å². The van der Waals surface area contributed by atoms with E-state index in [0.29, 0.717) is 38.3 Å². The summed E-state index contributed by atoms with van der Waals surface area (Å²) < 4.78 is 3.55. The van der Waals surface area contributed by atoms with Gasteiger partial charge >= 0.3 is 11.9 Å². The van der Waals surface area contributed by atoms with Gasteiger partial charge < -0.3 is 10.2 Å². The molecule has 246 valence electrons. The summed E-state index contributed by atoms with van der Waals surface area (Å²) in [6, 6.07) is 8.94. The molecule has 14 heteroatoms. The van der Waals surface area contributed by atoms with Crippen molar-refractivity contribution in [3.8, 4) is 11.3 Å². The van der Waals surface area contributed by atoms with E-state index in [1.165, 1.54) is 54.6 Å². The minimum absolute atomic E-state index is 0.273. The first-order chi connectivity index (χ1) is 23.1. The Labute approximate surface area is 287 Å². The van der Waals surface area contributed by atoms with E-state index < -0.39 is 11.9 Å². The molecule has 8 rings (SSSR count). The number of aldehydes is 2. The molecule has 0 amide bonds. The number of halogens is 1. The number of aryl methyl sites for hydroxylation is 1. The third kappa shape index (κ3) is 7.70. The van der Waals surface area contributed by atoms with Crippen LogP contribution in [0.15, 0.2) is 53.5 Å². The van der Waals surface area contributed by atoms with E-state index in [4.69, 9.17) is 21.8 Å². The minimum Gasteiger partial charge on any atom is -0.477 e. The Morgan fingerprint density at radius 1 is 0.833 bits per heavy atom. The lowest BCUT2D eigenvalue weighted by Gasteiger charge is -2.07. The smallest absolute Gasteiger partial charge is 0.345 e. The second-order valence-electron chi connectivity index (χ2n) is 11.9. The van der Waals surface area contributed by atoms with Crippen LogP contribution in [0.3, 0.4) is 0 Å². The van der Waals surface area contributed by atoms with Gasteiger partial charge in [0.1, 0.15) is 9.75 Å². The lowest BCUT2D eigenvalue weighted by molar-refractivity contribution is 0.0691. The summed E-state index contributed by atoms with van der Waals surface area (Å²) in [7, 11) is 0. The number of rotatable bonds is 9. The second kappa shape index (κ2) is 14.2. The molecule has 11 nitrogen and oxygen atoms in total. The number of aromatic nitrogens is 5. The fraction of sp³-hybridized carbons (Fsp3) is 0.265. The van der Waals surface area contributed by atoms with Crippen molar-refractivity contribution in [3.63, 3.8) is 0 Å². The van der Waals surface area contributed by atoms with Crippen LogP contribution in [-0.2, 0) is 12.8 Å². The van der Waals surface area contributed by atoms with Gasteiger partial charge in [0.15, 0.2) is 18.2 Å². The van der Waals surface area contributed by atoms with Crippen molar-refractivity contribution >= 4 is 69.9 Å². The normalized spacial score (nSPS) is 13.8. The minimum atomic E-state index is -0.946. The molecule has 0 spiro atoms. The van der Waals surface area contributed by atoms with E-state index in [-0.39, 0.29) is 4.88 Å². The number of nitrogens with zero attached hydrogens (tertiary/aromatic N) is 5. The molecule has 0 aliphatic heterocycles. The largest absolute Gasteiger partial charge is 0.477 e. The van der Waals surface area contributed by atoms with Gasteiger partial charge in [-0.05, 0) is 98.6 Å². The van der Waals surface area contributed by atoms with E-state index in [1.807, 2.05) is 29.0 Å². The van der Waals surface area contributed by atoms with E-state index >= 15 is 0 Å². The van der Waals surface area contributed by atoms with E-state index in [1.54, 1.807) is 34.3 Å². The van der Waals surface area contributed by atoms with Crippen LogP contribution in [-0.4, -0.2) is 58.9 Å². The highest BCUT2D eigenvalue weighted by Gasteiger charge is 2.25. The third-order valence-electron chi connectivity index (χ3n) is 7.95. The molecule has 6 aromatic rings. The third-order valence-corrected chi connectivity index (χ3v) is 10.1. The second-order valence-corrected chi connectivity index (χ2v) is 14.1. The standard InChI is InChI=1S/C16H13N3O3S.C12H11ClN2O.C6H6O2S/c20-7-11-6-17-19-12(3-9-1-2-9)5-13(18-15(11)19)10-4-14(16(21)22)23-8-10;13-10-4-11(3-8-1-2-8)15-12(5-10)9(7-16)6-14-15;1-4-2-5(6(7)8)9-3-4/h4-9H,1-3H2,(H,21,22);4-8H,1-3H2;2-3H,1H3,(H,7,8). The maximum atomic E-state index is 11.2. The van der Waals surface area contributed by atoms with Crippen molar-refractivity contribution in [2.24, 2.45) is 11.8 Å².